The average molecular weight is 196 g/mol. The van der Waals surface area contributed by atoms with Gasteiger partial charge in [0.2, 0.25) is 0 Å². The van der Waals surface area contributed by atoms with Gasteiger partial charge in [-0.1, -0.05) is 24.3 Å². The fourth-order valence-electron chi connectivity index (χ4n) is 1.23. The van der Waals surface area contributed by atoms with Crippen molar-refractivity contribution >= 4 is 5.97 Å². The van der Waals surface area contributed by atoms with Crippen molar-refractivity contribution in [3.63, 3.8) is 0 Å². The molecule has 0 fully saturated rings. The van der Waals surface area contributed by atoms with E-state index in [0.29, 0.717) is 12.8 Å². The maximum Gasteiger partial charge on any atom is 0.303 e. The van der Waals surface area contributed by atoms with E-state index in [4.69, 9.17) is 5.11 Å². The van der Waals surface area contributed by atoms with Gasteiger partial charge in [0.05, 0.1) is 6.67 Å². The molecule has 1 aromatic rings. The number of carboxylic acids is 1. The van der Waals surface area contributed by atoms with Crippen LogP contribution in [0.5, 0.6) is 0 Å². The Bertz CT molecular complexity index is 293. The van der Waals surface area contributed by atoms with Crippen molar-refractivity contribution in [3.8, 4) is 0 Å². The zero-order valence-electron chi connectivity index (χ0n) is 7.87. The van der Waals surface area contributed by atoms with E-state index in [1.54, 1.807) is 0 Å². The molecule has 0 aliphatic carbocycles. The molecule has 0 aliphatic rings. The highest BCUT2D eigenvalue weighted by Crippen LogP contribution is 2.07. The van der Waals surface area contributed by atoms with Gasteiger partial charge >= 0.3 is 5.97 Å². The second-order valence-corrected chi connectivity index (χ2v) is 3.15. The molecule has 1 N–H and O–H groups in total. The lowest BCUT2D eigenvalue weighted by atomic mass is 10.1. The van der Waals surface area contributed by atoms with Crippen molar-refractivity contribution in [1.82, 2.24) is 0 Å². The van der Waals surface area contributed by atoms with Crippen LogP contribution in [0.4, 0.5) is 4.39 Å². The Hall–Kier alpha value is -1.38. The highest BCUT2D eigenvalue weighted by molar-refractivity contribution is 5.67. The summed E-state index contributed by atoms with van der Waals surface area (Å²) in [7, 11) is 0. The van der Waals surface area contributed by atoms with Crippen LogP contribution in [0.1, 0.15) is 17.5 Å². The molecule has 0 amide bonds. The third-order valence-electron chi connectivity index (χ3n) is 2.03. The molecule has 3 heteroatoms. The summed E-state index contributed by atoms with van der Waals surface area (Å²) in [5, 5.41) is 8.46. The van der Waals surface area contributed by atoms with Crippen LogP contribution in [0.25, 0.3) is 0 Å². The van der Waals surface area contributed by atoms with Crippen LogP contribution in [0.15, 0.2) is 24.3 Å². The van der Waals surface area contributed by atoms with Gasteiger partial charge in [-0.15, -0.1) is 0 Å². The van der Waals surface area contributed by atoms with Gasteiger partial charge in [-0.2, -0.15) is 0 Å². The van der Waals surface area contributed by atoms with Crippen molar-refractivity contribution in [2.45, 2.75) is 19.3 Å². The Morgan fingerprint density at radius 1 is 1.14 bits per heavy atom. The number of carboxylic acid groups (broad SMARTS) is 1. The fourth-order valence-corrected chi connectivity index (χ4v) is 1.23. The van der Waals surface area contributed by atoms with E-state index in [1.165, 1.54) is 0 Å². The van der Waals surface area contributed by atoms with Crippen molar-refractivity contribution in [1.29, 1.82) is 0 Å². The molecule has 0 unspecified atom stereocenters. The molecule has 0 saturated heterocycles. The number of hydrogen-bond acceptors (Lipinski definition) is 1. The van der Waals surface area contributed by atoms with Crippen LogP contribution in [0.3, 0.4) is 0 Å². The second kappa shape index (κ2) is 5.37. The van der Waals surface area contributed by atoms with Gasteiger partial charge in [0, 0.05) is 12.8 Å². The lowest BCUT2D eigenvalue weighted by Crippen LogP contribution is -1.97. The van der Waals surface area contributed by atoms with Crippen molar-refractivity contribution in [2.75, 3.05) is 6.67 Å². The first-order valence-electron chi connectivity index (χ1n) is 4.58. The van der Waals surface area contributed by atoms with Gasteiger partial charge in [0.1, 0.15) is 0 Å². The number of hydrogen-bond donors (Lipinski definition) is 1. The van der Waals surface area contributed by atoms with Crippen LogP contribution in [0, 0.1) is 0 Å². The minimum atomic E-state index is -0.794. The van der Waals surface area contributed by atoms with E-state index in [0.717, 1.165) is 11.1 Å². The Balaban J connectivity index is 2.50. The molecule has 0 heterocycles. The normalized spacial score (nSPS) is 10.1. The van der Waals surface area contributed by atoms with Gasteiger partial charge in [-0.3, -0.25) is 9.18 Å². The summed E-state index contributed by atoms with van der Waals surface area (Å²) >= 11 is 0. The van der Waals surface area contributed by atoms with E-state index in [2.05, 4.69) is 0 Å². The minimum absolute atomic E-state index is 0.141. The molecule has 0 aliphatic heterocycles. The first-order valence-corrected chi connectivity index (χ1v) is 4.58. The molecule has 0 radical (unpaired) electrons. The summed E-state index contributed by atoms with van der Waals surface area (Å²) in [6.45, 7) is -0.353. The zero-order chi connectivity index (χ0) is 10.4. The minimum Gasteiger partial charge on any atom is -0.481 e. The summed E-state index contributed by atoms with van der Waals surface area (Å²) in [5.41, 5.74) is 1.93. The zero-order valence-corrected chi connectivity index (χ0v) is 7.87. The molecule has 2 nitrogen and oxygen atoms in total. The monoisotopic (exact) mass is 196 g/mol. The van der Waals surface area contributed by atoms with Crippen LogP contribution < -0.4 is 0 Å². The largest absolute Gasteiger partial charge is 0.481 e. The summed E-state index contributed by atoms with van der Waals surface area (Å²) in [6, 6.07) is 7.40. The molecular formula is C11H13FO2. The van der Waals surface area contributed by atoms with E-state index in [-0.39, 0.29) is 13.1 Å². The third kappa shape index (κ3) is 3.56. The van der Waals surface area contributed by atoms with E-state index < -0.39 is 5.97 Å². The number of aryl methyl sites for hydroxylation is 2. The van der Waals surface area contributed by atoms with Crippen molar-refractivity contribution in [2.24, 2.45) is 0 Å². The van der Waals surface area contributed by atoms with Crippen LogP contribution in [0.2, 0.25) is 0 Å². The molecule has 1 aromatic carbocycles. The van der Waals surface area contributed by atoms with E-state index in [9.17, 15) is 9.18 Å². The van der Waals surface area contributed by atoms with E-state index in [1.807, 2.05) is 24.3 Å². The number of rotatable bonds is 5. The molecule has 14 heavy (non-hydrogen) atoms. The standard InChI is InChI=1S/C11H13FO2/c12-8-7-10-3-1-9(2-4-10)5-6-11(13)14/h1-4H,5-8H2,(H,13,14). The van der Waals surface area contributed by atoms with Gasteiger partial charge in [-0.25, -0.2) is 0 Å². The molecule has 0 spiro atoms. The highest BCUT2D eigenvalue weighted by atomic mass is 19.1. The van der Waals surface area contributed by atoms with Crippen molar-refractivity contribution < 1.29 is 14.3 Å². The molecule has 0 aromatic heterocycles. The van der Waals surface area contributed by atoms with E-state index >= 15 is 0 Å². The number of aliphatic carboxylic acids is 1. The maximum atomic E-state index is 12.0. The van der Waals surface area contributed by atoms with Crippen molar-refractivity contribution in [3.05, 3.63) is 35.4 Å². The van der Waals surface area contributed by atoms with Crippen LogP contribution in [-0.4, -0.2) is 17.8 Å². The number of alkyl halides is 1. The first kappa shape index (κ1) is 10.7. The predicted octanol–water partition coefficient (Wildman–Crippen LogP) is 2.22. The van der Waals surface area contributed by atoms with Gasteiger partial charge in [0.15, 0.2) is 0 Å². The molecule has 1 rings (SSSR count). The average Bonchev–Trinajstić information content (AvgIpc) is 2.17. The Morgan fingerprint density at radius 3 is 2.07 bits per heavy atom. The van der Waals surface area contributed by atoms with Gasteiger partial charge in [-0.05, 0) is 17.5 Å². The highest BCUT2D eigenvalue weighted by Gasteiger charge is 1.99. The first-order chi connectivity index (χ1) is 6.72. The number of halogens is 1. The Kier molecular flexibility index (Phi) is 4.11. The second-order valence-electron chi connectivity index (χ2n) is 3.15. The molecule has 0 atom stereocenters. The topological polar surface area (TPSA) is 37.3 Å². The molecule has 0 saturated carbocycles. The van der Waals surface area contributed by atoms with Crippen LogP contribution in [-0.2, 0) is 17.6 Å². The summed E-state index contributed by atoms with van der Waals surface area (Å²) in [5.74, 6) is -0.794. The number of carbonyl (C=O) groups is 1. The molecular weight excluding hydrogens is 183 g/mol. The quantitative estimate of drug-likeness (QED) is 0.784. The summed E-state index contributed by atoms with van der Waals surface area (Å²) in [4.78, 5) is 10.3. The Morgan fingerprint density at radius 2 is 1.64 bits per heavy atom. The lowest BCUT2D eigenvalue weighted by Gasteiger charge is -2.00. The molecule has 0 bridgehead atoms. The fraction of sp³-hybridized carbons (Fsp3) is 0.364. The lowest BCUT2D eigenvalue weighted by molar-refractivity contribution is -0.136. The SMILES string of the molecule is O=C(O)CCc1ccc(CCF)cc1. The predicted molar refractivity (Wildman–Crippen MR) is 52.1 cm³/mol. The summed E-state index contributed by atoms with van der Waals surface area (Å²) < 4.78 is 12.0. The number of benzene rings is 1. The molecule has 76 valence electrons. The van der Waals surface area contributed by atoms with Gasteiger partial charge < -0.3 is 5.11 Å². The third-order valence-corrected chi connectivity index (χ3v) is 2.03. The van der Waals surface area contributed by atoms with Crippen LogP contribution >= 0.6 is 0 Å². The summed E-state index contributed by atoms with van der Waals surface area (Å²) in [6.07, 6.45) is 1.10. The smallest absolute Gasteiger partial charge is 0.303 e. The van der Waals surface area contributed by atoms with Gasteiger partial charge in [0.25, 0.3) is 0 Å². The maximum absolute atomic E-state index is 12.0. The Labute approximate surface area is 82.4 Å².